The molecule has 1 saturated carbocycles. The third kappa shape index (κ3) is 4.03. The molecule has 1 atom stereocenters. The lowest BCUT2D eigenvalue weighted by atomic mass is 9.78. The first kappa shape index (κ1) is 17.3. The summed E-state index contributed by atoms with van der Waals surface area (Å²) >= 11 is 6.23. The average Bonchev–Trinajstić information content (AvgIpc) is 2.48. The van der Waals surface area contributed by atoms with Crippen molar-refractivity contribution in [3.63, 3.8) is 0 Å². The zero-order valence-corrected chi connectivity index (χ0v) is 13.5. The fraction of sp³-hybridized carbons (Fsp3) is 0.733. The van der Waals surface area contributed by atoms with Crippen molar-refractivity contribution in [1.82, 2.24) is 9.97 Å². The Morgan fingerprint density at radius 2 is 1.91 bits per heavy atom. The maximum atomic E-state index is 12.8. The molecule has 0 spiro atoms. The Kier molecular flexibility index (Phi) is 5.53. The monoisotopic (exact) mass is 335 g/mol. The highest BCUT2D eigenvalue weighted by atomic mass is 35.5. The van der Waals surface area contributed by atoms with Crippen LogP contribution in [0.1, 0.15) is 45.2 Å². The van der Waals surface area contributed by atoms with E-state index in [2.05, 4.69) is 15.3 Å². The minimum atomic E-state index is -4.10. The van der Waals surface area contributed by atoms with E-state index in [-0.39, 0.29) is 12.0 Å². The Morgan fingerprint density at radius 1 is 1.27 bits per heavy atom. The van der Waals surface area contributed by atoms with Crippen molar-refractivity contribution in [2.45, 2.75) is 58.2 Å². The normalized spacial score (nSPS) is 24.1. The second kappa shape index (κ2) is 7.02. The van der Waals surface area contributed by atoms with E-state index in [9.17, 15) is 13.2 Å². The van der Waals surface area contributed by atoms with E-state index in [1.54, 1.807) is 0 Å². The first-order valence-electron chi connectivity index (χ1n) is 7.65. The number of halogens is 4. The maximum Gasteiger partial charge on any atom is 0.391 e. The Morgan fingerprint density at radius 3 is 2.45 bits per heavy atom. The zero-order valence-electron chi connectivity index (χ0n) is 12.8. The lowest BCUT2D eigenvalue weighted by Crippen LogP contribution is -2.34. The zero-order chi connectivity index (χ0) is 16.3. The van der Waals surface area contributed by atoms with Crippen LogP contribution in [-0.4, -0.2) is 22.2 Å². The number of nitrogens with zero attached hydrogens (tertiary/aromatic N) is 2. The van der Waals surface area contributed by atoms with Crippen LogP contribution in [0.25, 0.3) is 0 Å². The number of nitrogens with one attached hydrogen (secondary N) is 1. The molecular weight excluding hydrogens is 315 g/mol. The van der Waals surface area contributed by atoms with Gasteiger partial charge in [-0.05, 0) is 38.0 Å². The molecule has 1 aliphatic rings. The molecule has 1 N–H and O–H groups in total. The topological polar surface area (TPSA) is 37.8 Å². The molecule has 7 heteroatoms. The fourth-order valence-electron chi connectivity index (χ4n) is 2.98. The number of hydrogen-bond acceptors (Lipinski definition) is 3. The summed E-state index contributed by atoms with van der Waals surface area (Å²) in [5, 5.41) is 3.77. The molecule has 0 saturated heterocycles. The summed E-state index contributed by atoms with van der Waals surface area (Å²) in [5.41, 5.74) is 0.776. The van der Waals surface area contributed by atoms with Crippen LogP contribution in [0.5, 0.6) is 0 Å². The van der Waals surface area contributed by atoms with Crippen molar-refractivity contribution in [2.75, 3.05) is 5.32 Å². The highest BCUT2D eigenvalue weighted by molar-refractivity contribution is 6.33. The van der Waals surface area contributed by atoms with Crippen LogP contribution in [0.4, 0.5) is 19.0 Å². The third-order valence-electron chi connectivity index (χ3n) is 4.53. The Hall–Kier alpha value is -1.04. The van der Waals surface area contributed by atoms with E-state index in [0.717, 1.165) is 5.69 Å². The standard InChI is InChI=1S/C15H21ClF3N3/c1-3-12-13(16)14(21-8-20-12)22-11-6-4-10(5-7-11)9(2)15(17,18)19/h8-11H,3-7H2,1-2H3,(H,20,21,22). The molecule has 0 bridgehead atoms. The number of rotatable bonds is 4. The first-order chi connectivity index (χ1) is 10.3. The summed E-state index contributed by atoms with van der Waals surface area (Å²) in [7, 11) is 0. The van der Waals surface area contributed by atoms with Gasteiger partial charge in [-0.3, -0.25) is 0 Å². The first-order valence-corrected chi connectivity index (χ1v) is 8.03. The number of alkyl halides is 3. The van der Waals surface area contributed by atoms with Gasteiger partial charge < -0.3 is 5.32 Å². The predicted molar refractivity (Wildman–Crippen MR) is 81.0 cm³/mol. The van der Waals surface area contributed by atoms with E-state index >= 15 is 0 Å². The van der Waals surface area contributed by atoms with Crippen LogP contribution in [0.2, 0.25) is 5.02 Å². The van der Waals surface area contributed by atoms with Crippen LogP contribution < -0.4 is 5.32 Å². The van der Waals surface area contributed by atoms with Gasteiger partial charge in [0.1, 0.15) is 17.2 Å². The fourth-order valence-corrected chi connectivity index (χ4v) is 3.26. The summed E-state index contributed by atoms with van der Waals surface area (Å²) in [6.07, 6.45) is 0.621. The molecule has 1 aliphatic carbocycles. The minimum absolute atomic E-state index is 0.119. The van der Waals surface area contributed by atoms with Gasteiger partial charge in [0.25, 0.3) is 0 Å². The highest BCUT2D eigenvalue weighted by Gasteiger charge is 2.42. The van der Waals surface area contributed by atoms with Gasteiger partial charge in [0.05, 0.1) is 11.6 Å². The second-order valence-electron chi connectivity index (χ2n) is 5.92. The molecule has 3 nitrogen and oxygen atoms in total. The highest BCUT2D eigenvalue weighted by Crippen LogP contribution is 2.39. The molecule has 2 rings (SSSR count). The van der Waals surface area contributed by atoms with Crippen LogP contribution in [0, 0.1) is 11.8 Å². The van der Waals surface area contributed by atoms with Crippen LogP contribution in [0.15, 0.2) is 6.33 Å². The van der Waals surface area contributed by atoms with Gasteiger partial charge >= 0.3 is 6.18 Å². The summed E-state index contributed by atoms with van der Waals surface area (Å²) in [6, 6.07) is 0.119. The number of hydrogen-bond donors (Lipinski definition) is 1. The van der Waals surface area contributed by atoms with E-state index in [4.69, 9.17) is 11.6 Å². The Bertz CT molecular complexity index is 499. The molecule has 1 aromatic heterocycles. The lowest BCUT2D eigenvalue weighted by molar-refractivity contribution is -0.186. The minimum Gasteiger partial charge on any atom is -0.366 e. The van der Waals surface area contributed by atoms with Gasteiger partial charge in [-0.25, -0.2) is 9.97 Å². The number of aryl methyl sites for hydroxylation is 1. The van der Waals surface area contributed by atoms with Gasteiger partial charge in [0, 0.05) is 6.04 Å². The number of anilines is 1. The quantitative estimate of drug-likeness (QED) is 0.853. The van der Waals surface area contributed by atoms with Gasteiger partial charge in [-0.2, -0.15) is 13.2 Å². The summed E-state index contributed by atoms with van der Waals surface area (Å²) in [5.74, 6) is -0.936. The van der Waals surface area contributed by atoms with Crippen molar-refractivity contribution in [3.8, 4) is 0 Å². The van der Waals surface area contributed by atoms with Gasteiger partial charge in [-0.1, -0.05) is 25.4 Å². The Labute approximate surface area is 133 Å². The summed E-state index contributed by atoms with van der Waals surface area (Å²) in [6.45, 7) is 3.25. The van der Waals surface area contributed by atoms with Crippen molar-refractivity contribution in [2.24, 2.45) is 11.8 Å². The molecule has 1 fully saturated rings. The third-order valence-corrected chi connectivity index (χ3v) is 4.93. The van der Waals surface area contributed by atoms with Crippen molar-refractivity contribution >= 4 is 17.4 Å². The summed E-state index contributed by atoms with van der Waals surface area (Å²) in [4.78, 5) is 8.24. The van der Waals surface area contributed by atoms with Gasteiger partial charge in [-0.15, -0.1) is 0 Å². The molecule has 0 aliphatic heterocycles. The molecule has 1 heterocycles. The Balaban J connectivity index is 1.93. The molecular formula is C15H21ClF3N3. The average molecular weight is 336 g/mol. The second-order valence-corrected chi connectivity index (χ2v) is 6.30. The van der Waals surface area contributed by atoms with Crippen LogP contribution >= 0.6 is 11.6 Å². The smallest absolute Gasteiger partial charge is 0.366 e. The molecule has 22 heavy (non-hydrogen) atoms. The van der Waals surface area contributed by atoms with Crippen LogP contribution in [0.3, 0.4) is 0 Å². The van der Waals surface area contributed by atoms with Gasteiger partial charge in [0.2, 0.25) is 0 Å². The van der Waals surface area contributed by atoms with Crippen molar-refractivity contribution < 1.29 is 13.2 Å². The summed E-state index contributed by atoms with van der Waals surface area (Å²) < 4.78 is 38.3. The van der Waals surface area contributed by atoms with E-state index in [1.807, 2.05) is 6.92 Å². The van der Waals surface area contributed by atoms with Crippen molar-refractivity contribution in [3.05, 3.63) is 17.0 Å². The lowest BCUT2D eigenvalue weighted by Gasteiger charge is -2.33. The molecule has 0 aromatic carbocycles. The van der Waals surface area contributed by atoms with E-state index < -0.39 is 12.1 Å². The predicted octanol–water partition coefficient (Wildman–Crippen LogP) is 4.86. The molecule has 0 radical (unpaired) electrons. The van der Waals surface area contributed by atoms with Crippen molar-refractivity contribution in [1.29, 1.82) is 0 Å². The maximum absolute atomic E-state index is 12.8. The molecule has 1 unspecified atom stereocenters. The largest absolute Gasteiger partial charge is 0.391 e. The molecule has 0 amide bonds. The van der Waals surface area contributed by atoms with Gasteiger partial charge in [0.15, 0.2) is 0 Å². The molecule has 124 valence electrons. The molecule has 1 aromatic rings. The SMILES string of the molecule is CCc1ncnc(NC2CCC(C(C)C(F)(F)F)CC2)c1Cl. The van der Waals surface area contributed by atoms with E-state index in [1.165, 1.54) is 13.3 Å². The van der Waals surface area contributed by atoms with E-state index in [0.29, 0.717) is 42.9 Å². The van der Waals surface area contributed by atoms with Crippen LogP contribution in [-0.2, 0) is 6.42 Å². The number of aromatic nitrogens is 2.